The summed E-state index contributed by atoms with van der Waals surface area (Å²) in [5.74, 6) is 0.143. The Balaban J connectivity index is 1.98. The summed E-state index contributed by atoms with van der Waals surface area (Å²) in [6.45, 7) is 1.54. The maximum Gasteiger partial charge on any atom is 0.286 e. The third-order valence-electron chi connectivity index (χ3n) is 3.64. The maximum atomic E-state index is 12.3. The van der Waals surface area contributed by atoms with Gasteiger partial charge in [0.05, 0.1) is 13.2 Å². The molecule has 1 aromatic rings. The molecule has 6 nitrogen and oxygen atoms in total. The van der Waals surface area contributed by atoms with Crippen LogP contribution in [0.4, 0.5) is 0 Å². The van der Waals surface area contributed by atoms with E-state index in [0.717, 1.165) is 6.42 Å². The standard InChI is InChI=1S/C17H25NO5S/c1-21-9-6-18-17(20)14-11-13(15-5-4-10-24-15)12-16(23-14)22-8-3-2-7-19/h4-5,10-11,13,16,19H,2-3,6-9,12H2,1H3,(H,18,20)/t13-,16+/m0/s1. The number of aliphatic hydroxyl groups excluding tert-OH is 1. The van der Waals surface area contributed by atoms with Crippen LogP contribution in [0.25, 0.3) is 0 Å². The molecule has 0 aliphatic carbocycles. The molecule has 2 atom stereocenters. The molecule has 0 saturated heterocycles. The largest absolute Gasteiger partial charge is 0.459 e. The molecule has 1 amide bonds. The number of carbonyl (C=O) groups excluding carboxylic acids is 1. The van der Waals surface area contributed by atoms with Crippen LogP contribution in [-0.4, -0.2) is 50.8 Å². The van der Waals surface area contributed by atoms with E-state index in [-0.39, 0.29) is 18.4 Å². The van der Waals surface area contributed by atoms with Crippen LogP contribution in [0.15, 0.2) is 29.3 Å². The van der Waals surface area contributed by atoms with Gasteiger partial charge in [0.2, 0.25) is 6.29 Å². The van der Waals surface area contributed by atoms with Crippen molar-refractivity contribution >= 4 is 17.2 Å². The average molecular weight is 355 g/mol. The van der Waals surface area contributed by atoms with Crippen LogP contribution in [0.2, 0.25) is 0 Å². The van der Waals surface area contributed by atoms with Crippen LogP contribution < -0.4 is 5.32 Å². The van der Waals surface area contributed by atoms with Gasteiger partial charge in [0.15, 0.2) is 5.76 Å². The van der Waals surface area contributed by atoms with Crippen LogP contribution in [-0.2, 0) is 19.0 Å². The van der Waals surface area contributed by atoms with Gasteiger partial charge in [-0.25, -0.2) is 0 Å². The van der Waals surface area contributed by atoms with Crippen molar-refractivity contribution in [1.82, 2.24) is 5.32 Å². The number of carbonyl (C=O) groups is 1. The summed E-state index contributed by atoms with van der Waals surface area (Å²) >= 11 is 1.66. The third kappa shape index (κ3) is 5.90. The number of thiophene rings is 1. The smallest absolute Gasteiger partial charge is 0.286 e. The van der Waals surface area contributed by atoms with E-state index >= 15 is 0 Å². The minimum Gasteiger partial charge on any atom is -0.459 e. The zero-order valence-electron chi connectivity index (χ0n) is 13.9. The molecule has 2 rings (SSSR count). The van der Waals surface area contributed by atoms with Crippen LogP contribution in [0.5, 0.6) is 0 Å². The summed E-state index contributed by atoms with van der Waals surface area (Å²) in [5.41, 5.74) is 0. The summed E-state index contributed by atoms with van der Waals surface area (Å²) < 4.78 is 16.4. The first-order valence-electron chi connectivity index (χ1n) is 8.16. The Morgan fingerprint density at radius 3 is 3.04 bits per heavy atom. The molecule has 1 aliphatic rings. The fourth-order valence-electron chi connectivity index (χ4n) is 2.40. The Labute approximate surface area is 146 Å². The van der Waals surface area contributed by atoms with Crippen molar-refractivity contribution in [2.24, 2.45) is 0 Å². The molecule has 0 bridgehead atoms. The first kappa shape index (κ1) is 18.9. The lowest BCUT2D eigenvalue weighted by atomic mass is 9.99. The van der Waals surface area contributed by atoms with Gasteiger partial charge in [-0.05, 0) is 30.4 Å². The molecule has 0 saturated carbocycles. The first-order chi connectivity index (χ1) is 11.7. The number of rotatable bonds is 10. The number of methoxy groups -OCH3 is 1. The van der Waals surface area contributed by atoms with Gasteiger partial charge in [0, 0.05) is 37.5 Å². The number of hydrogen-bond donors (Lipinski definition) is 2. The lowest BCUT2D eigenvalue weighted by molar-refractivity contribution is -0.146. The van der Waals surface area contributed by atoms with E-state index in [1.54, 1.807) is 18.4 Å². The quantitative estimate of drug-likeness (QED) is 0.628. The average Bonchev–Trinajstić information content (AvgIpc) is 3.13. The molecule has 2 heterocycles. The number of hydrogen-bond acceptors (Lipinski definition) is 6. The molecular formula is C17H25NO5S. The van der Waals surface area contributed by atoms with Gasteiger partial charge in [0.1, 0.15) is 0 Å². The summed E-state index contributed by atoms with van der Waals surface area (Å²) in [5, 5.41) is 13.6. The van der Waals surface area contributed by atoms with E-state index < -0.39 is 6.29 Å². The van der Waals surface area contributed by atoms with Gasteiger partial charge in [-0.1, -0.05) is 6.07 Å². The predicted octanol–water partition coefficient (Wildman–Crippen LogP) is 2.01. The number of ether oxygens (including phenoxy) is 3. The Hall–Kier alpha value is -1.41. The van der Waals surface area contributed by atoms with Crippen LogP contribution in [0.3, 0.4) is 0 Å². The lowest BCUT2D eigenvalue weighted by Gasteiger charge is -2.28. The predicted molar refractivity (Wildman–Crippen MR) is 91.8 cm³/mol. The molecule has 0 aromatic carbocycles. The molecule has 1 aromatic heterocycles. The fraction of sp³-hybridized carbons (Fsp3) is 0.588. The molecule has 0 spiro atoms. The van der Waals surface area contributed by atoms with Crippen molar-refractivity contribution in [2.45, 2.75) is 31.5 Å². The highest BCUT2D eigenvalue weighted by atomic mass is 32.1. The number of nitrogens with one attached hydrogen (secondary N) is 1. The van der Waals surface area contributed by atoms with Gasteiger partial charge < -0.3 is 24.6 Å². The topological polar surface area (TPSA) is 77.0 Å². The minimum absolute atomic E-state index is 0.102. The Kier molecular flexibility index (Phi) is 8.24. The molecule has 24 heavy (non-hydrogen) atoms. The number of aliphatic hydroxyl groups is 1. The van der Waals surface area contributed by atoms with E-state index in [2.05, 4.69) is 11.4 Å². The SMILES string of the molecule is COCCNC(=O)C1=C[C@H](c2cccs2)C[C@H](OCCCCO)O1. The van der Waals surface area contributed by atoms with E-state index in [1.165, 1.54) is 4.88 Å². The second kappa shape index (κ2) is 10.5. The van der Waals surface area contributed by atoms with Crippen LogP contribution in [0, 0.1) is 0 Å². The van der Waals surface area contributed by atoms with Crippen molar-refractivity contribution in [3.8, 4) is 0 Å². The van der Waals surface area contributed by atoms with Crippen LogP contribution in [0.1, 0.15) is 30.1 Å². The summed E-state index contributed by atoms with van der Waals surface area (Å²) in [6, 6.07) is 4.05. The summed E-state index contributed by atoms with van der Waals surface area (Å²) in [7, 11) is 1.59. The Morgan fingerprint density at radius 1 is 1.46 bits per heavy atom. The highest BCUT2D eigenvalue weighted by Gasteiger charge is 2.29. The van der Waals surface area contributed by atoms with E-state index in [1.807, 2.05) is 17.5 Å². The van der Waals surface area contributed by atoms with Gasteiger partial charge in [-0.3, -0.25) is 4.79 Å². The molecule has 2 N–H and O–H groups in total. The molecule has 0 fully saturated rings. The van der Waals surface area contributed by atoms with Gasteiger partial charge in [0.25, 0.3) is 5.91 Å². The number of unbranched alkanes of at least 4 members (excludes halogenated alkanes) is 1. The van der Waals surface area contributed by atoms with Crippen LogP contribution >= 0.6 is 11.3 Å². The first-order valence-corrected chi connectivity index (χ1v) is 9.04. The second-order valence-electron chi connectivity index (χ2n) is 5.49. The molecule has 1 aliphatic heterocycles. The Bertz CT molecular complexity index is 517. The van der Waals surface area contributed by atoms with Crippen molar-refractivity contribution in [1.29, 1.82) is 0 Å². The maximum absolute atomic E-state index is 12.3. The van der Waals surface area contributed by atoms with Crippen molar-refractivity contribution in [3.05, 3.63) is 34.2 Å². The van der Waals surface area contributed by atoms with Crippen molar-refractivity contribution in [3.63, 3.8) is 0 Å². The van der Waals surface area contributed by atoms with Gasteiger partial charge in [-0.15, -0.1) is 11.3 Å². The van der Waals surface area contributed by atoms with E-state index in [0.29, 0.717) is 38.4 Å². The third-order valence-corrected chi connectivity index (χ3v) is 4.64. The van der Waals surface area contributed by atoms with Gasteiger partial charge >= 0.3 is 0 Å². The van der Waals surface area contributed by atoms with E-state index in [4.69, 9.17) is 19.3 Å². The van der Waals surface area contributed by atoms with E-state index in [9.17, 15) is 4.79 Å². The molecule has 7 heteroatoms. The van der Waals surface area contributed by atoms with Crippen molar-refractivity contribution < 1.29 is 24.1 Å². The van der Waals surface area contributed by atoms with Gasteiger partial charge in [-0.2, -0.15) is 0 Å². The number of allylic oxidation sites excluding steroid dienone is 1. The Morgan fingerprint density at radius 2 is 2.33 bits per heavy atom. The highest BCUT2D eigenvalue weighted by Crippen LogP contribution is 2.33. The molecular weight excluding hydrogens is 330 g/mol. The monoisotopic (exact) mass is 355 g/mol. The summed E-state index contributed by atoms with van der Waals surface area (Å²) in [6.07, 6.45) is 3.54. The number of amides is 1. The second-order valence-corrected chi connectivity index (χ2v) is 6.47. The molecule has 0 unspecified atom stereocenters. The summed E-state index contributed by atoms with van der Waals surface area (Å²) in [4.78, 5) is 13.4. The zero-order valence-corrected chi connectivity index (χ0v) is 14.7. The lowest BCUT2D eigenvalue weighted by Crippen LogP contribution is -2.34. The fourth-order valence-corrected chi connectivity index (χ4v) is 3.21. The highest BCUT2D eigenvalue weighted by molar-refractivity contribution is 7.10. The minimum atomic E-state index is -0.455. The zero-order chi connectivity index (χ0) is 17.2. The van der Waals surface area contributed by atoms with Crippen molar-refractivity contribution in [2.75, 3.05) is 33.5 Å². The normalized spacial score (nSPS) is 20.3. The molecule has 134 valence electrons. The molecule has 0 radical (unpaired) electrons.